The van der Waals surface area contributed by atoms with Crippen molar-refractivity contribution in [3.63, 3.8) is 0 Å². The van der Waals surface area contributed by atoms with Crippen LogP contribution in [0.4, 0.5) is 16.2 Å². The summed E-state index contributed by atoms with van der Waals surface area (Å²) in [6.45, 7) is 5.26. The summed E-state index contributed by atoms with van der Waals surface area (Å²) in [7, 11) is 2.44. The van der Waals surface area contributed by atoms with Crippen molar-refractivity contribution in [1.29, 1.82) is 0 Å². The summed E-state index contributed by atoms with van der Waals surface area (Å²) in [5.74, 6) is -2.55. The number of methoxy groups -OCH3 is 2. The van der Waals surface area contributed by atoms with Crippen LogP contribution in [0.25, 0.3) is 0 Å². The minimum absolute atomic E-state index is 0. The lowest BCUT2D eigenvalue weighted by molar-refractivity contribution is 0.0587. The molecule has 26 nitrogen and oxygen atoms in total. The van der Waals surface area contributed by atoms with E-state index in [1.54, 1.807) is 68.2 Å². The number of amides is 1. The molecule has 10 N–H and O–H groups in total. The SMILES string of the molecule is CC(C)(C)OC(=O)Nc1cccn([C@H]2CCC[C@H]2O)c1=O.COC(=O)c1cccn([C@H]2CCC[C@H]2O)c1=O.COC(=O)c1cccoc1=O.Cl.N[C@H]1CCC[C@H]1O.O=C(O)c1cccn([C@H]2CCC[C@H]2O)c1=O.O=c1c(NCl)cccn1[C@H]1CCC[C@H]1O. The van der Waals surface area contributed by atoms with Gasteiger partial charge in [-0.3, -0.25) is 29.3 Å². The smallest absolute Gasteiger partial charge is 0.412 e. The number of carbonyl (C=O) groups excluding carboxylic acids is 3. The Kier molecular flexibility index (Phi) is 29.0. The molecule has 0 radical (unpaired) electrons. The number of aliphatic hydroxyl groups is 5. The fraction of sp³-hybridized carbons (Fsp3) is 0.517. The number of nitrogens with zero attached hydrogens (tertiary/aromatic N) is 4. The quantitative estimate of drug-likeness (QED) is 0.0475. The van der Waals surface area contributed by atoms with E-state index in [0.29, 0.717) is 31.4 Å². The second-order valence-electron chi connectivity index (χ2n) is 22.3. The van der Waals surface area contributed by atoms with E-state index in [4.69, 9.17) is 32.5 Å². The Hall–Kier alpha value is -7.43. The van der Waals surface area contributed by atoms with Crippen molar-refractivity contribution in [3.8, 4) is 0 Å². The number of pyridine rings is 4. The number of rotatable bonds is 9. The van der Waals surface area contributed by atoms with E-state index in [9.17, 15) is 63.6 Å². The molecular formula is C60H81Cl2N7O19. The third kappa shape index (κ3) is 20.3. The van der Waals surface area contributed by atoms with Crippen LogP contribution in [0, 0.1) is 0 Å². The Labute approximate surface area is 518 Å². The van der Waals surface area contributed by atoms with Gasteiger partial charge in [-0.1, -0.05) is 0 Å². The highest BCUT2D eigenvalue weighted by Gasteiger charge is 2.32. The molecule has 5 heterocycles. The van der Waals surface area contributed by atoms with Crippen molar-refractivity contribution in [1.82, 2.24) is 18.3 Å². The monoisotopic (exact) mass is 1270 g/mol. The second-order valence-corrected chi connectivity index (χ2v) is 22.5. The van der Waals surface area contributed by atoms with Crippen LogP contribution in [0.5, 0.6) is 0 Å². The van der Waals surface area contributed by atoms with E-state index in [1.807, 2.05) is 0 Å². The number of carbonyl (C=O) groups is 4. The molecule has 0 aromatic carbocycles. The number of aromatic nitrogens is 4. The first kappa shape index (κ1) is 73.0. The third-order valence-corrected chi connectivity index (χ3v) is 15.4. The molecule has 5 fully saturated rings. The van der Waals surface area contributed by atoms with Gasteiger partial charge in [-0.15, -0.1) is 12.4 Å². The standard InChI is InChI=1S/C15H22N2O4.C12H15NO4.C11H13NO4.C10H13ClN2O2.C7H6O4.C5H11NO.ClH/c1-15(2,3)21-14(20)16-10-6-5-9-17(13(10)19)11-7-4-8-12(11)18;1-17-12(16)8-4-3-7-13(11(8)15)9-5-2-6-10(9)14;13-9-5-1-4-8(9)12-6-2-3-7(10(12)14)11(15)16;11-12-7-3-2-6-13(10(7)15)8-4-1-5-9(8)14;1-10-6(8)5-3-2-4-11-7(5)9;6-4-2-1-3-5(4)7;/h5-6,9,11-12,18H,4,7-8H2,1-3H3,(H,16,20);3-4,7,9-10,14H,2,5-6H2,1H3;2-3,6,8-9,13H,1,4-5H2,(H,15,16);2-3,6,8-9,12,14H,1,4-5H2;2-4H,1H3;4-5,7H,1-3,6H2;1H/t11-,12+;9-,10+;2*8-,9+;;4-,5+;/m0000.0./s1. The Morgan fingerprint density at radius 2 is 0.898 bits per heavy atom. The van der Waals surface area contributed by atoms with Crippen molar-refractivity contribution in [2.24, 2.45) is 5.73 Å². The van der Waals surface area contributed by atoms with Gasteiger partial charge in [0.1, 0.15) is 33.7 Å². The summed E-state index contributed by atoms with van der Waals surface area (Å²) in [5, 5.41) is 59.3. The summed E-state index contributed by atoms with van der Waals surface area (Å²) >= 11 is 5.42. The molecule has 10 atom stereocenters. The number of nitrogens with one attached hydrogen (secondary N) is 2. The zero-order valence-electron chi connectivity index (χ0n) is 49.7. The van der Waals surface area contributed by atoms with Crippen LogP contribution in [0.1, 0.15) is 172 Å². The number of halogens is 2. The summed E-state index contributed by atoms with van der Waals surface area (Å²) in [5.41, 5.74) is 2.85. The molecule has 28 heteroatoms. The largest absolute Gasteiger partial charge is 0.477 e. The normalized spacial score (nSPS) is 23.1. The highest BCUT2D eigenvalue weighted by molar-refractivity contribution is 6.23. The molecule has 0 aliphatic heterocycles. The van der Waals surface area contributed by atoms with E-state index < -0.39 is 70.8 Å². The van der Waals surface area contributed by atoms with Crippen molar-refractivity contribution < 1.29 is 68.4 Å². The van der Waals surface area contributed by atoms with Gasteiger partial charge in [0.25, 0.3) is 22.2 Å². The average molecular weight is 1280 g/mol. The molecule has 0 saturated heterocycles. The average Bonchev–Trinajstić information content (AvgIpc) is 4.26. The first-order chi connectivity index (χ1) is 41.3. The lowest BCUT2D eigenvalue weighted by Crippen LogP contribution is -2.33. The topological polar surface area (TPSA) is 386 Å². The summed E-state index contributed by atoms with van der Waals surface area (Å²) in [6.07, 6.45) is 17.3. The first-order valence-electron chi connectivity index (χ1n) is 28.7. The molecule has 484 valence electrons. The van der Waals surface area contributed by atoms with Crippen LogP contribution in [0.2, 0.25) is 0 Å². The van der Waals surface area contributed by atoms with E-state index >= 15 is 0 Å². The summed E-state index contributed by atoms with van der Waals surface area (Å²) < 4.78 is 24.2. The number of esters is 2. The van der Waals surface area contributed by atoms with Gasteiger partial charge in [-0.2, -0.15) is 0 Å². The van der Waals surface area contributed by atoms with Crippen LogP contribution >= 0.6 is 24.2 Å². The molecule has 0 bridgehead atoms. The van der Waals surface area contributed by atoms with Crippen molar-refractivity contribution in [2.75, 3.05) is 24.4 Å². The van der Waals surface area contributed by atoms with E-state index in [0.717, 1.165) is 70.6 Å². The number of aliphatic hydroxyl groups excluding tert-OH is 5. The molecule has 5 saturated carbocycles. The molecule has 0 spiro atoms. The Balaban J connectivity index is 0.000000230. The number of hydrogen-bond donors (Lipinski definition) is 9. The fourth-order valence-corrected chi connectivity index (χ4v) is 10.8. The predicted octanol–water partition coefficient (Wildman–Crippen LogP) is 5.84. The zero-order valence-corrected chi connectivity index (χ0v) is 51.3. The lowest BCUT2D eigenvalue weighted by Gasteiger charge is -2.21. The number of nitrogens with two attached hydrogens (primary N) is 1. The molecule has 88 heavy (non-hydrogen) atoms. The van der Waals surface area contributed by atoms with Crippen LogP contribution in [-0.4, -0.2) is 129 Å². The predicted molar refractivity (Wildman–Crippen MR) is 327 cm³/mol. The highest BCUT2D eigenvalue weighted by atomic mass is 35.5. The molecule has 10 rings (SSSR count). The molecule has 1 amide bonds. The van der Waals surface area contributed by atoms with Gasteiger partial charge in [0.15, 0.2) is 0 Å². The maximum atomic E-state index is 12.4. The maximum absolute atomic E-state index is 12.4. The van der Waals surface area contributed by atoms with Crippen molar-refractivity contribution >= 4 is 59.6 Å². The lowest BCUT2D eigenvalue weighted by atomic mass is 10.2. The van der Waals surface area contributed by atoms with E-state index in [-0.39, 0.29) is 82.2 Å². The summed E-state index contributed by atoms with van der Waals surface area (Å²) in [4.78, 5) is 106. The van der Waals surface area contributed by atoms with Crippen LogP contribution in [0.3, 0.4) is 0 Å². The minimum Gasteiger partial charge on any atom is -0.477 e. The van der Waals surface area contributed by atoms with Gasteiger partial charge in [0.05, 0.1) is 75.2 Å². The number of ether oxygens (including phenoxy) is 3. The minimum atomic E-state index is -1.23. The van der Waals surface area contributed by atoms with E-state index in [2.05, 4.69) is 24.0 Å². The Morgan fingerprint density at radius 1 is 0.534 bits per heavy atom. The van der Waals surface area contributed by atoms with E-state index in [1.165, 1.54) is 76.8 Å². The highest BCUT2D eigenvalue weighted by Crippen LogP contribution is 2.32. The number of carboxylic acids is 1. The summed E-state index contributed by atoms with van der Waals surface area (Å²) in [6, 6.07) is 14.5. The van der Waals surface area contributed by atoms with Gasteiger partial charge in [0.2, 0.25) is 0 Å². The number of hydrogen-bond acceptors (Lipinski definition) is 20. The number of carboxylic acid groups (broad SMARTS) is 1. The second kappa shape index (κ2) is 34.9. The molecule has 0 unspecified atom stereocenters. The van der Waals surface area contributed by atoms with Crippen LogP contribution in [0.15, 0.2) is 120 Å². The molecule has 5 aromatic heterocycles. The first-order valence-corrected chi connectivity index (χ1v) is 29.1. The third-order valence-electron chi connectivity index (χ3n) is 15.1. The van der Waals surface area contributed by atoms with Crippen molar-refractivity contribution in [2.45, 2.75) is 183 Å². The molecular weight excluding hydrogens is 1190 g/mol. The fourth-order valence-electron chi connectivity index (χ4n) is 10.7. The molecule has 5 aromatic rings. The molecule has 5 aliphatic rings. The zero-order chi connectivity index (χ0) is 64.1. The van der Waals surface area contributed by atoms with Crippen molar-refractivity contribution in [3.05, 3.63) is 160 Å². The number of aromatic carboxylic acids is 1. The Bertz CT molecular complexity index is 3390. The number of anilines is 2. The van der Waals surface area contributed by atoms with Gasteiger partial charge in [-0.05, 0) is 178 Å². The van der Waals surface area contributed by atoms with Gasteiger partial charge < -0.3 is 73.3 Å². The maximum Gasteiger partial charge on any atom is 0.412 e. The Morgan fingerprint density at radius 3 is 1.25 bits per heavy atom. The van der Waals surface area contributed by atoms with Gasteiger partial charge >= 0.3 is 29.6 Å². The molecule has 5 aliphatic carbocycles. The van der Waals surface area contributed by atoms with Crippen LogP contribution in [-0.2, 0) is 14.2 Å². The van der Waals surface area contributed by atoms with Gasteiger partial charge in [-0.25, -0.2) is 24.0 Å². The van der Waals surface area contributed by atoms with Gasteiger partial charge in [0, 0.05) is 42.6 Å². The van der Waals surface area contributed by atoms with Crippen LogP contribution < -0.4 is 43.7 Å².